The van der Waals surface area contributed by atoms with Gasteiger partial charge in [0.1, 0.15) is 0 Å². The van der Waals surface area contributed by atoms with Crippen LogP contribution in [0.2, 0.25) is 0 Å². The van der Waals surface area contributed by atoms with Gasteiger partial charge in [-0.2, -0.15) is 5.10 Å². The highest BCUT2D eigenvalue weighted by Gasteiger charge is 2.20. The Morgan fingerprint density at radius 2 is 1.91 bits per heavy atom. The highest BCUT2D eigenvalue weighted by Crippen LogP contribution is 2.23. The van der Waals surface area contributed by atoms with Gasteiger partial charge in [0.15, 0.2) is 5.69 Å². The smallest absolute Gasteiger partial charge is 0.317 e. The number of urea groups is 1. The van der Waals surface area contributed by atoms with Crippen LogP contribution in [0.3, 0.4) is 0 Å². The first-order valence-corrected chi connectivity index (χ1v) is 11.3. The standard InChI is InChI=1S/C24H29N7O3/c1-4-29(3)23(32)21-13-22(31(28-21)19-7-5-17(2)25-16-19)20-8-6-18(14-26-20)15-27-24(33)30-9-11-34-12-10-30/h5-8,13-14,16H,4,9-12,15H2,1-3H3,(H,27,33). The molecule has 1 aliphatic rings. The molecular weight excluding hydrogens is 434 g/mol. The molecule has 3 aromatic rings. The molecule has 3 amide bonds. The first-order chi connectivity index (χ1) is 16.5. The maximum atomic E-state index is 12.8. The first-order valence-electron chi connectivity index (χ1n) is 11.3. The predicted molar refractivity (Wildman–Crippen MR) is 127 cm³/mol. The van der Waals surface area contributed by atoms with E-state index < -0.39 is 0 Å². The lowest BCUT2D eigenvalue weighted by atomic mass is 10.2. The number of nitrogens with one attached hydrogen (secondary N) is 1. The van der Waals surface area contributed by atoms with E-state index in [9.17, 15) is 9.59 Å². The van der Waals surface area contributed by atoms with Gasteiger partial charge >= 0.3 is 6.03 Å². The number of pyridine rings is 2. The fourth-order valence-electron chi connectivity index (χ4n) is 3.53. The Labute approximate surface area is 198 Å². The summed E-state index contributed by atoms with van der Waals surface area (Å²) < 4.78 is 6.97. The lowest BCUT2D eigenvalue weighted by molar-refractivity contribution is 0.0531. The number of morpholine rings is 1. The van der Waals surface area contributed by atoms with Gasteiger partial charge in [-0.1, -0.05) is 6.07 Å². The van der Waals surface area contributed by atoms with E-state index in [2.05, 4.69) is 20.4 Å². The van der Waals surface area contributed by atoms with Crippen LogP contribution in [-0.2, 0) is 11.3 Å². The minimum atomic E-state index is -0.162. The summed E-state index contributed by atoms with van der Waals surface area (Å²) in [5, 5.41) is 7.49. The zero-order chi connectivity index (χ0) is 24.1. The average molecular weight is 464 g/mol. The molecule has 3 aromatic heterocycles. The number of rotatable bonds is 6. The number of ether oxygens (including phenoxy) is 1. The quantitative estimate of drug-likeness (QED) is 0.601. The van der Waals surface area contributed by atoms with Crippen molar-refractivity contribution in [1.82, 2.24) is 34.9 Å². The molecule has 1 fully saturated rings. The van der Waals surface area contributed by atoms with E-state index in [0.29, 0.717) is 56.5 Å². The van der Waals surface area contributed by atoms with Gasteiger partial charge < -0.3 is 19.9 Å². The monoisotopic (exact) mass is 463 g/mol. The van der Waals surface area contributed by atoms with E-state index in [1.54, 1.807) is 40.0 Å². The van der Waals surface area contributed by atoms with Crippen LogP contribution < -0.4 is 5.32 Å². The molecule has 0 unspecified atom stereocenters. The Bertz CT molecular complexity index is 1140. The predicted octanol–water partition coefficient (Wildman–Crippen LogP) is 2.27. The van der Waals surface area contributed by atoms with E-state index in [4.69, 9.17) is 4.74 Å². The third kappa shape index (κ3) is 5.23. The van der Waals surface area contributed by atoms with Crippen LogP contribution in [0, 0.1) is 6.92 Å². The maximum absolute atomic E-state index is 12.8. The Kier molecular flexibility index (Phi) is 7.17. The maximum Gasteiger partial charge on any atom is 0.317 e. The number of aromatic nitrogens is 4. The van der Waals surface area contributed by atoms with E-state index in [1.165, 1.54) is 0 Å². The molecule has 1 N–H and O–H groups in total. The van der Waals surface area contributed by atoms with Crippen LogP contribution in [0.25, 0.3) is 17.1 Å². The van der Waals surface area contributed by atoms with Crippen molar-refractivity contribution >= 4 is 11.9 Å². The van der Waals surface area contributed by atoms with Crippen LogP contribution in [0.4, 0.5) is 4.79 Å². The molecule has 0 bridgehead atoms. The number of aryl methyl sites for hydroxylation is 1. The normalized spacial score (nSPS) is 13.6. The topological polar surface area (TPSA) is 105 Å². The van der Waals surface area contributed by atoms with Crippen LogP contribution in [0.1, 0.15) is 28.7 Å². The second-order valence-corrected chi connectivity index (χ2v) is 8.11. The van der Waals surface area contributed by atoms with Gasteiger partial charge in [0.05, 0.1) is 36.5 Å². The number of amides is 3. The molecule has 0 atom stereocenters. The number of carbonyl (C=O) groups excluding carboxylic acids is 2. The molecule has 4 heterocycles. The summed E-state index contributed by atoms with van der Waals surface area (Å²) in [6.45, 7) is 7.09. The molecule has 4 rings (SSSR count). The molecule has 0 aromatic carbocycles. The van der Waals surface area contributed by atoms with Gasteiger partial charge in [-0.15, -0.1) is 0 Å². The van der Waals surface area contributed by atoms with Crippen molar-refractivity contribution in [3.8, 4) is 17.1 Å². The average Bonchev–Trinajstić information content (AvgIpc) is 3.33. The second kappa shape index (κ2) is 10.4. The zero-order valence-corrected chi connectivity index (χ0v) is 19.7. The first kappa shape index (κ1) is 23.4. The summed E-state index contributed by atoms with van der Waals surface area (Å²) in [6.07, 6.45) is 3.44. The Balaban J connectivity index is 1.56. The SMILES string of the molecule is CCN(C)C(=O)c1cc(-c2ccc(CNC(=O)N3CCOCC3)cn2)n(-c2ccc(C)nc2)n1. The molecule has 10 heteroatoms. The zero-order valence-electron chi connectivity index (χ0n) is 19.7. The van der Waals surface area contributed by atoms with Crippen molar-refractivity contribution in [3.63, 3.8) is 0 Å². The third-order valence-electron chi connectivity index (χ3n) is 5.72. The lowest BCUT2D eigenvalue weighted by Gasteiger charge is -2.26. The summed E-state index contributed by atoms with van der Waals surface area (Å²) in [5.41, 5.74) is 4.18. The van der Waals surface area contributed by atoms with Gasteiger partial charge in [-0.05, 0) is 43.7 Å². The largest absolute Gasteiger partial charge is 0.378 e. The Morgan fingerprint density at radius 3 is 2.56 bits per heavy atom. The fraction of sp³-hybridized carbons (Fsp3) is 0.375. The van der Waals surface area contributed by atoms with E-state index in [1.807, 2.05) is 38.1 Å². The minimum absolute atomic E-state index is 0.111. The number of carbonyl (C=O) groups is 2. The summed E-state index contributed by atoms with van der Waals surface area (Å²) in [4.78, 5) is 37.4. The van der Waals surface area contributed by atoms with Crippen LogP contribution in [-0.4, -0.2) is 81.4 Å². The van der Waals surface area contributed by atoms with Crippen molar-refractivity contribution in [2.24, 2.45) is 0 Å². The van der Waals surface area contributed by atoms with Gasteiger partial charge in [-0.3, -0.25) is 14.8 Å². The fourth-order valence-corrected chi connectivity index (χ4v) is 3.53. The van der Waals surface area contributed by atoms with Crippen LogP contribution >= 0.6 is 0 Å². The number of hydrogen-bond acceptors (Lipinski definition) is 6. The summed E-state index contributed by atoms with van der Waals surface area (Å²) in [7, 11) is 1.74. The molecule has 1 saturated heterocycles. The molecular formula is C24H29N7O3. The molecule has 34 heavy (non-hydrogen) atoms. The number of nitrogens with zero attached hydrogens (tertiary/aromatic N) is 6. The molecule has 178 valence electrons. The summed E-state index contributed by atoms with van der Waals surface area (Å²) >= 11 is 0. The Hall–Kier alpha value is -3.79. The van der Waals surface area contributed by atoms with Crippen molar-refractivity contribution in [2.45, 2.75) is 20.4 Å². The van der Waals surface area contributed by atoms with Crippen molar-refractivity contribution in [1.29, 1.82) is 0 Å². The van der Waals surface area contributed by atoms with Crippen molar-refractivity contribution in [2.75, 3.05) is 39.9 Å². The molecule has 1 aliphatic heterocycles. The van der Waals surface area contributed by atoms with Gasteiger partial charge in [0.25, 0.3) is 5.91 Å². The van der Waals surface area contributed by atoms with Crippen LogP contribution in [0.15, 0.2) is 42.7 Å². The van der Waals surface area contributed by atoms with Gasteiger partial charge in [-0.25, -0.2) is 9.48 Å². The van der Waals surface area contributed by atoms with Gasteiger partial charge in [0, 0.05) is 45.1 Å². The summed E-state index contributed by atoms with van der Waals surface area (Å²) in [6, 6.07) is 9.22. The molecule has 0 spiro atoms. The molecule has 10 nitrogen and oxygen atoms in total. The molecule has 0 aliphatic carbocycles. The highest BCUT2D eigenvalue weighted by atomic mass is 16.5. The highest BCUT2D eigenvalue weighted by molar-refractivity contribution is 5.93. The Morgan fingerprint density at radius 1 is 1.12 bits per heavy atom. The molecule has 0 saturated carbocycles. The lowest BCUT2D eigenvalue weighted by Crippen LogP contribution is -2.45. The van der Waals surface area contributed by atoms with Gasteiger partial charge in [0.2, 0.25) is 0 Å². The van der Waals surface area contributed by atoms with Crippen molar-refractivity contribution in [3.05, 3.63) is 59.7 Å². The minimum Gasteiger partial charge on any atom is -0.378 e. The van der Waals surface area contributed by atoms with Crippen molar-refractivity contribution < 1.29 is 14.3 Å². The molecule has 0 radical (unpaired) electrons. The second-order valence-electron chi connectivity index (χ2n) is 8.11. The summed E-state index contributed by atoms with van der Waals surface area (Å²) in [5.74, 6) is -0.162. The number of hydrogen-bond donors (Lipinski definition) is 1. The van der Waals surface area contributed by atoms with E-state index in [0.717, 1.165) is 16.9 Å². The third-order valence-corrected chi connectivity index (χ3v) is 5.72. The van der Waals surface area contributed by atoms with E-state index in [-0.39, 0.29) is 11.9 Å². The van der Waals surface area contributed by atoms with Crippen LogP contribution in [0.5, 0.6) is 0 Å². The van der Waals surface area contributed by atoms with E-state index >= 15 is 0 Å².